The van der Waals surface area contributed by atoms with Gasteiger partial charge in [-0.2, -0.15) is 0 Å². The fourth-order valence-electron chi connectivity index (χ4n) is 3.78. The van der Waals surface area contributed by atoms with E-state index >= 15 is 0 Å². The number of hydrogen-bond donors (Lipinski definition) is 0. The zero-order chi connectivity index (χ0) is 22.1. The molecule has 2 heterocycles. The fraction of sp³-hybridized carbons (Fsp3) is 0.429. The number of halogens is 1. The van der Waals surface area contributed by atoms with Gasteiger partial charge in [0.25, 0.3) is 0 Å². The zero-order valence-corrected chi connectivity index (χ0v) is 18.7. The van der Waals surface area contributed by atoms with Crippen LogP contribution in [-0.2, 0) is 19.4 Å². The van der Waals surface area contributed by atoms with Crippen molar-refractivity contribution in [2.24, 2.45) is 0 Å². The fourth-order valence-corrected chi connectivity index (χ4v) is 5.70. The number of carbonyl (C=O) groups is 2. The van der Waals surface area contributed by atoms with E-state index in [1.54, 1.807) is 38.1 Å². The molecule has 0 bridgehead atoms. The van der Waals surface area contributed by atoms with E-state index in [1.165, 1.54) is 0 Å². The maximum atomic E-state index is 12.6. The van der Waals surface area contributed by atoms with Gasteiger partial charge in [0.05, 0.1) is 11.5 Å². The van der Waals surface area contributed by atoms with Crippen LogP contribution in [0.4, 0.5) is 0 Å². The van der Waals surface area contributed by atoms with E-state index in [4.69, 9.17) is 21.1 Å². The first kappa shape index (κ1) is 22.4. The van der Waals surface area contributed by atoms with Gasteiger partial charge in [-0.05, 0) is 57.0 Å². The van der Waals surface area contributed by atoms with Crippen LogP contribution in [0.25, 0.3) is 0 Å². The Morgan fingerprint density at radius 1 is 1.17 bits per heavy atom. The van der Waals surface area contributed by atoms with E-state index in [0.717, 1.165) is 11.3 Å². The third-order valence-corrected chi connectivity index (χ3v) is 7.19. The number of esters is 1. The van der Waals surface area contributed by atoms with Gasteiger partial charge in [-0.1, -0.05) is 11.6 Å². The lowest BCUT2D eigenvalue weighted by Gasteiger charge is -2.16. The van der Waals surface area contributed by atoms with Crippen molar-refractivity contribution in [1.29, 1.82) is 0 Å². The van der Waals surface area contributed by atoms with Crippen molar-refractivity contribution in [3.63, 3.8) is 0 Å². The minimum atomic E-state index is -3.04. The molecular weight excluding hydrogens is 430 g/mol. The molecule has 1 atom stereocenters. The van der Waals surface area contributed by atoms with Gasteiger partial charge in [-0.3, -0.25) is 4.79 Å². The van der Waals surface area contributed by atoms with Gasteiger partial charge in [0.15, 0.2) is 23.1 Å². The summed E-state index contributed by atoms with van der Waals surface area (Å²) in [5.74, 6) is -0.256. The zero-order valence-electron chi connectivity index (χ0n) is 17.1. The van der Waals surface area contributed by atoms with Gasteiger partial charge >= 0.3 is 5.97 Å². The Balaban J connectivity index is 1.58. The summed E-state index contributed by atoms with van der Waals surface area (Å²) in [5, 5.41) is 0.570. The largest absolute Gasteiger partial charge is 0.482 e. The normalized spacial score (nSPS) is 17.7. The van der Waals surface area contributed by atoms with Gasteiger partial charge in [-0.15, -0.1) is 0 Å². The molecule has 3 rings (SSSR count). The molecule has 1 aromatic carbocycles. The number of nitrogens with zero attached hydrogens (tertiary/aromatic N) is 1. The quantitative estimate of drug-likeness (QED) is 0.472. The lowest BCUT2D eigenvalue weighted by Crippen LogP contribution is -2.20. The maximum absolute atomic E-state index is 12.6. The molecule has 2 aromatic rings. The highest BCUT2D eigenvalue weighted by Gasteiger charge is 2.31. The average molecular weight is 454 g/mol. The lowest BCUT2D eigenvalue weighted by molar-refractivity contribution is -0.144. The van der Waals surface area contributed by atoms with Crippen LogP contribution >= 0.6 is 11.6 Å². The summed E-state index contributed by atoms with van der Waals surface area (Å²) in [7, 11) is -3.04. The van der Waals surface area contributed by atoms with Crippen molar-refractivity contribution in [2.75, 3.05) is 24.7 Å². The van der Waals surface area contributed by atoms with Crippen molar-refractivity contribution in [3.05, 3.63) is 51.8 Å². The molecule has 1 aromatic heterocycles. The van der Waals surface area contributed by atoms with Crippen molar-refractivity contribution in [3.8, 4) is 5.75 Å². The minimum Gasteiger partial charge on any atom is -0.482 e. The summed E-state index contributed by atoms with van der Waals surface area (Å²) >= 11 is 5.89. The summed E-state index contributed by atoms with van der Waals surface area (Å²) in [6.45, 7) is 4.69. The first-order chi connectivity index (χ1) is 14.1. The molecule has 9 heteroatoms. The molecule has 0 spiro atoms. The molecule has 0 N–H and O–H groups in total. The number of Topliss-reactive ketones (excluding diaryl/α,β-unsaturated/α-hetero) is 1. The van der Waals surface area contributed by atoms with Crippen LogP contribution < -0.4 is 4.74 Å². The molecule has 0 saturated carbocycles. The van der Waals surface area contributed by atoms with Gasteiger partial charge in [0.1, 0.15) is 5.75 Å². The summed E-state index contributed by atoms with van der Waals surface area (Å²) in [6, 6.07) is 6.58. The molecule has 1 aliphatic rings. The molecule has 0 radical (unpaired) electrons. The second kappa shape index (κ2) is 8.81. The molecule has 1 fully saturated rings. The maximum Gasteiger partial charge on any atom is 0.344 e. The van der Waals surface area contributed by atoms with Crippen molar-refractivity contribution >= 4 is 33.2 Å². The number of benzene rings is 1. The van der Waals surface area contributed by atoms with Crippen LogP contribution in [0.5, 0.6) is 5.75 Å². The lowest BCUT2D eigenvalue weighted by atomic mass is 10.1. The number of aryl methyl sites for hydroxylation is 2. The summed E-state index contributed by atoms with van der Waals surface area (Å²) in [5.41, 5.74) is 2.71. The monoisotopic (exact) mass is 453 g/mol. The highest BCUT2D eigenvalue weighted by Crippen LogP contribution is 2.29. The van der Waals surface area contributed by atoms with Crippen LogP contribution in [0.2, 0.25) is 5.02 Å². The molecule has 7 nitrogen and oxygen atoms in total. The first-order valence-corrected chi connectivity index (χ1v) is 11.7. The SMILES string of the molecule is Cc1cc(Cl)ccc1OCC(=O)OCC(=O)c1cc(C)n(C2CCS(=O)(=O)C2)c1C. The van der Waals surface area contributed by atoms with E-state index in [0.29, 0.717) is 28.5 Å². The van der Waals surface area contributed by atoms with Crippen molar-refractivity contribution in [2.45, 2.75) is 33.2 Å². The third kappa shape index (κ3) is 5.05. The van der Waals surface area contributed by atoms with Gasteiger partial charge in [0, 0.05) is 28.0 Å². The highest BCUT2D eigenvalue weighted by molar-refractivity contribution is 7.91. The van der Waals surface area contributed by atoms with Gasteiger partial charge in [-0.25, -0.2) is 13.2 Å². The molecule has 0 aliphatic carbocycles. The Hall–Kier alpha value is -2.32. The minimum absolute atomic E-state index is 0.0768. The van der Waals surface area contributed by atoms with E-state index in [1.807, 2.05) is 11.5 Å². The highest BCUT2D eigenvalue weighted by atomic mass is 35.5. The van der Waals surface area contributed by atoms with Gasteiger partial charge in [0.2, 0.25) is 5.78 Å². The number of sulfone groups is 1. The van der Waals surface area contributed by atoms with Crippen LogP contribution in [0.1, 0.15) is 39.8 Å². The molecule has 1 aliphatic heterocycles. The second-order valence-corrected chi connectivity index (χ2v) is 10.2. The smallest absolute Gasteiger partial charge is 0.344 e. The predicted octanol–water partition coefficient (Wildman–Crippen LogP) is 3.23. The molecule has 1 unspecified atom stereocenters. The Bertz CT molecular complexity index is 1090. The standard InChI is InChI=1S/C21H24ClNO6S/c1-13-8-16(22)4-5-20(13)28-11-21(25)29-10-19(24)18-9-14(2)23(15(18)3)17-6-7-30(26,27)12-17/h4-5,8-9,17H,6-7,10-12H2,1-3H3. The predicted molar refractivity (Wildman–Crippen MR) is 113 cm³/mol. The number of rotatable bonds is 7. The number of ether oxygens (including phenoxy) is 2. The van der Waals surface area contributed by atoms with Crippen molar-refractivity contribution < 1.29 is 27.5 Å². The number of hydrogen-bond acceptors (Lipinski definition) is 6. The van der Waals surface area contributed by atoms with E-state index in [9.17, 15) is 18.0 Å². The number of carbonyl (C=O) groups excluding carboxylic acids is 2. The first-order valence-electron chi connectivity index (χ1n) is 9.54. The van der Waals surface area contributed by atoms with Crippen LogP contribution in [0.3, 0.4) is 0 Å². The topological polar surface area (TPSA) is 91.7 Å². The Labute approximate surface area is 180 Å². The summed E-state index contributed by atoms with van der Waals surface area (Å²) in [6.07, 6.45) is 0.531. The van der Waals surface area contributed by atoms with Crippen molar-refractivity contribution in [1.82, 2.24) is 4.57 Å². The molecule has 30 heavy (non-hydrogen) atoms. The number of aromatic nitrogens is 1. The molecular formula is C21H24ClNO6S. The van der Waals surface area contributed by atoms with E-state index in [2.05, 4.69) is 0 Å². The number of ketones is 1. The summed E-state index contributed by atoms with van der Waals surface area (Å²) in [4.78, 5) is 24.6. The third-order valence-electron chi connectivity index (χ3n) is 5.21. The Morgan fingerprint density at radius 2 is 1.90 bits per heavy atom. The molecule has 0 amide bonds. The van der Waals surface area contributed by atoms with Crippen LogP contribution in [0, 0.1) is 20.8 Å². The Kier molecular flexibility index (Phi) is 6.57. The van der Waals surface area contributed by atoms with E-state index < -0.39 is 22.4 Å². The van der Waals surface area contributed by atoms with Crippen LogP contribution in [-0.4, -0.2) is 49.5 Å². The summed E-state index contributed by atoms with van der Waals surface area (Å²) < 4.78 is 36.0. The van der Waals surface area contributed by atoms with Crippen LogP contribution in [0.15, 0.2) is 24.3 Å². The average Bonchev–Trinajstić information content (AvgIpc) is 3.16. The molecule has 1 saturated heterocycles. The van der Waals surface area contributed by atoms with E-state index in [-0.39, 0.29) is 29.9 Å². The second-order valence-electron chi connectivity index (χ2n) is 7.49. The molecule has 162 valence electrons. The van der Waals surface area contributed by atoms with Gasteiger partial charge < -0.3 is 14.0 Å². The Morgan fingerprint density at radius 3 is 2.53 bits per heavy atom.